The van der Waals surface area contributed by atoms with Crippen molar-refractivity contribution in [1.29, 1.82) is 0 Å². The SMILES string of the molecule is O=C(CCc1cccc(F)c1)N1CCCN(C(=O)c2ccc(=O)[nH]n2)CC1. The number of nitrogens with zero attached hydrogens (tertiary/aromatic N) is 3. The molecule has 1 aromatic carbocycles. The lowest BCUT2D eigenvalue weighted by atomic mass is 10.1. The fourth-order valence-corrected chi connectivity index (χ4v) is 3.10. The van der Waals surface area contributed by atoms with Gasteiger partial charge in [-0.2, -0.15) is 5.10 Å². The molecule has 0 radical (unpaired) electrons. The van der Waals surface area contributed by atoms with E-state index in [2.05, 4.69) is 10.2 Å². The third kappa shape index (κ3) is 4.99. The highest BCUT2D eigenvalue weighted by atomic mass is 19.1. The number of aromatic nitrogens is 2. The predicted octanol–water partition coefficient (Wildman–Crippen LogP) is 1.22. The predicted molar refractivity (Wildman–Crippen MR) is 96.7 cm³/mol. The van der Waals surface area contributed by atoms with Gasteiger partial charge < -0.3 is 9.80 Å². The highest BCUT2D eigenvalue weighted by Gasteiger charge is 2.23. The summed E-state index contributed by atoms with van der Waals surface area (Å²) in [4.78, 5) is 39.4. The first kappa shape index (κ1) is 18.8. The minimum Gasteiger partial charge on any atom is -0.341 e. The quantitative estimate of drug-likeness (QED) is 0.874. The van der Waals surface area contributed by atoms with Crippen molar-refractivity contribution in [2.75, 3.05) is 26.2 Å². The van der Waals surface area contributed by atoms with Crippen LogP contribution in [0.4, 0.5) is 4.39 Å². The monoisotopic (exact) mass is 372 g/mol. The van der Waals surface area contributed by atoms with E-state index in [0.29, 0.717) is 45.4 Å². The number of rotatable bonds is 4. The van der Waals surface area contributed by atoms with E-state index in [1.54, 1.807) is 21.9 Å². The fraction of sp³-hybridized carbons (Fsp3) is 0.368. The number of hydrogen-bond donors (Lipinski definition) is 1. The Bertz CT molecular complexity index is 863. The second kappa shape index (κ2) is 8.57. The van der Waals surface area contributed by atoms with Gasteiger partial charge in [0.05, 0.1) is 0 Å². The first-order valence-corrected chi connectivity index (χ1v) is 8.90. The number of benzene rings is 1. The van der Waals surface area contributed by atoms with Gasteiger partial charge in [-0.25, -0.2) is 9.49 Å². The van der Waals surface area contributed by atoms with E-state index in [1.165, 1.54) is 24.3 Å². The van der Waals surface area contributed by atoms with Crippen LogP contribution in [0.25, 0.3) is 0 Å². The van der Waals surface area contributed by atoms with Crippen molar-refractivity contribution >= 4 is 11.8 Å². The molecule has 1 aliphatic heterocycles. The molecule has 0 saturated carbocycles. The van der Waals surface area contributed by atoms with Gasteiger partial charge >= 0.3 is 0 Å². The largest absolute Gasteiger partial charge is 0.341 e. The second-order valence-corrected chi connectivity index (χ2v) is 6.46. The number of halogens is 1. The van der Waals surface area contributed by atoms with Crippen LogP contribution in [0, 0.1) is 5.82 Å². The Hall–Kier alpha value is -3.03. The van der Waals surface area contributed by atoms with E-state index in [-0.39, 0.29) is 28.9 Å². The molecule has 0 unspecified atom stereocenters. The van der Waals surface area contributed by atoms with Gasteiger partial charge in [0.1, 0.15) is 11.5 Å². The van der Waals surface area contributed by atoms with Crippen LogP contribution >= 0.6 is 0 Å². The molecule has 1 aliphatic rings. The van der Waals surface area contributed by atoms with E-state index >= 15 is 0 Å². The van der Waals surface area contributed by atoms with Crippen LogP contribution in [0.3, 0.4) is 0 Å². The van der Waals surface area contributed by atoms with Crippen LogP contribution in [-0.4, -0.2) is 58.0 Å². The number of aryl methyl sites for hydroxylation is 1. The van der Waals surface area contributed by atoms with Crippen LogP contribution in [0.5, 0.6) is 0 Å². The average molecular weight is 372 g/mol. The molecular formula is C19H21FN4O3. The molecule has 2 amide bonds. The zero-order chi connectivity index (χ0) is 19.2. The number of aromatic amines is 1. The Morgan fingerprint density at radius 1 is 1.07 bits per heavy atom. The highest BCUT2D eigenvalue weighted by molar-refractivity contribution is 5.92. The van der Waals surface area contributed by atoms with Gasteiger partial charge in [-0.15, -0.1) is 0 Å². The number of carbonyl (C=O) groups is 2. The highest BCUT2D eigenvalue weighted by Crippen LogP contribution is 2.11. The third-order valence-electron chi connectivity index (χ3n) is 4.55. The maximum absolute atomic E-state index is 13.2. The topological polar surface area (TPSA) is 86.4 Å². The summed E-state index contributed by atoms with van der Waals surface area (Å²) in [6.07, 6.45) is 1.46. The molecule has 3 rings (SSSR count). The Morgan fingerprint density at radius 3 is 2.59 bits per heavy atom. The number of amides is 2. The number of nitrogens with one attached hydrogen (secondary N) is 1. The molecule has 1 fully saturated rings. The van der Waals surface area contributed by atoms with Crippen molar-refractivity contribution in [3.05, 3.63) is 63.8 Å². The molecule has 1 saturated heterocycles. The third-order valence-corrected chi connectivity index (χ3v) is 4.55. The zero-order valence-electron chi connectivity index (χ0n) is 14.9. The van der Waals surface area contributed by atoms with Crippen molar-refractivity contribution in [1.82, 2.24) is 20.0 Å². The van der Waals surface area contributed by atoms with Gasteiger partial charge in [0.15, 0.2) is 0 Å². The standard InChI is InChI=1S/C19H21FN4O3/c20-15-4-1-3-14(13-15)5-8-18(26)23-9-2-10-24(12-11-23)19(27)16-6-7-17(25)22-21-16/h1,3-4,6-7,13H,2,5,8-12H2,(H,22,25). The molecule has 27 heavy (non-hydrogen) atoms. The summed E-state index contributed by atoms with van der Waals surface area (Å²) in [5.41, 5.74) is 0.608. The van der Waals surface area contributed by atoms with Crippen LogP contribution in [0.15, 0.2) is 41.2 Å². The summed E-state index contributed by atoms with van der Waals surface area (Å²) >= 11 is 0. The Kier molecular flexibility index (Phi) is 5.95. The van der Waals surface area contributed by atoms with Gasteiger partial charge in [0, 0.05) is 38.7 Å². The van der Waals surface area contributed by atoms with Crippen molar-refractivity contribution in [2.45, 2.75) is 19.3 Å². The Balaban J connectivity index is 1.54. The molecule has 8 heteroatoms. The smallest absolute Gasteiger partial charge is 0.274 e. The lowest BCUT2D eigenvalue weighted by Gasteiger charge is -2.22. The van der Waals surface area contributed by atoms with E-state index in [0.717, 1.165) is 5.56 Å². The Morgan fingerprint density at radius 2 is 1.85 bits per heavy atom. The minimum absolute atomic E-state index is 0.00396. The number of hydrogen-bond acceptors (Lipinski definition) is 4. The van der Waals surface area contributed by atoms with Gasteiger partial charge in [0.2, 0.25) is 5.91 Å². The van der Waals surface area contributed by atoms with Gasteiger partial charge in [-0.05, 0) is 36.6 Å². The second-order valence-electron chi connectivity index (χ2n) is 6.46. The lowest BCUT2D eigenvalue weighted by molar-refractivity contribution is -0.131. The first-order valence-electron chi connectivity index (χ1n) is 8.90. The van der Waals surface area contributed by atoms with E-state index in [4.69, 9.17) is 0 Å². The first-order chi connectivity index (χ1) is 13.0. The van der Waals surface area contributed by atoms with Gasteiger partial charge in [-0.3, -0.25) is 14.4 Å². The fourth-order valence-electron chi connectivity index (χ4n) is 3.10. The average Bonchev–Trinajstić information content (AvgIpc) is 2.92. The Labute approximate surface area is 155 Å². The van der Waals surface area contributed by atoms with Crippen molar-refractivity contribution in [2.24, 2.45) is 0 Å². The minimum atomic E-state index is -0.363. The zero-order valence-corrected chi connectivity index (χ0v) is 14.9. The molecule has 2 aromatic rings. The molecule has 7 nitrogen and oxygen atoms in total. The molecule has 2 heterocycles. The van der Waals surface area contributed by atoms with Crippen LogP contribution in [-0.2, 0) is 11.2 Å². The molecule has 1 aromatic heterocycles. The summed E-state index contributed by atoms with van der Waals surface area (Å²) < 4.78 is 13.2. The van der Waals surface area contributed by atoms with Gasteiger partial charge in [-0.1, -0.05) is 12.1 Å². The van der Waals surface area contributed by atoms with E-state index in [1.807, 2.05) is 0 Å². The number of H-pyrrole nitrogens is 1. The molecule has 1 N–H and O–H groups in total. The van der Waals surface area contributed by atoms with Crippen LogP contribution in [0.1, 0.15) is 28.9 Å². The molecule has 0 bridgehead atoms. The van der Waals surface area contributed by atoms with Crippen molar-refractivity contribution in [3.8, 4) is 0 Å². The van der Waals surface area contributed by atoms with Crippen molar-refractivity contribution in [3.63, 3.8) is 0 Å². The van der Waals surface area contributed by atoms with Crippen molar-refractivity contribution < 1.29 is 14.0 Å². The normalized spacial score (nSPS) is 14.7. The van der Waals surface area contributed by atoms with E-state index in [9.17, 15) is 18.8 Å². The van der Waals surface area contributed by atoms with Crippen LogP contribution in [0.2, 0.25) is 0 Å². The summed E-state index contributed by atoms with van der Waals surface area (Å²) in [6.45, 7) is 1.94. The molecule has 0 spiro atoms. The van der Waals surface area contributed by atoms with Crippen LogP contribution < -0.4 is 5.56 Å². The summed E-state index contributed by atoms with van der Waals surface area (Å²) in [7, 11) is 0. The molecule has 142 valence electrons. The molecular weight excluding hydrogens is 351 g/mol. The maximum atomic E-state index is 13.2. The van der Waals surface area contributed by atoms with Gasteiger partial charge in [0.25, 0.3) is 11.5 Å². The summed E-state index contributed by atoms with van der Waals surface area (Å²) in [5.74, 6) is -0.573. The number of carbonyl (C=O) groups excluding carboxylic acids is 2. The molecule has 0 aliphatic carbocycles. The lowest BCUT2D eigenvalue weighted by Crippen LogP contribution is -2.38. The summed E-state index contributed by atoms with van der Waals surface area (Å²) in [6, 6.07) is 8.91. The van der Waals surface area contributed by atoms with E-state index < -0.39 is 0 Å². The maximum Gasteiger partial charge on any atom is 0.274 e. The molecule has 0 atom stereocenters. The summed E-state index contributed by atoms with van der Waals surface area (Å²) in [5, 5.41) is 6.02.